The SMILES string of the molecule is COC(=O)c1cc(CCCOC2CCCCO2)c(C(F)(F)F)cc1N.CS(=O)(=O)Nn1c(=O)[nH]c2cc(C(F)(F)F)c(CCCO)cc2c1=O. The van der Waals surface area contributed by atoms with Crippen molar-refractivity contribution in [1.82, 2.24) is 9.66 Å². The number of aryl methyl sites for hydroxylation is 2. The average Bonchev–Trinajstić information content (AvgIpc) is 3.03. The second-order valence-corrected chi connectivity index (χ2v) is 12.9. The van der Waals surface area contributed by atoms with Gasteiger partial charge in [-0.25, -0.2) is 22.8 Å². The molecule has 0 radical (unpaired) electrons. The Balaban J connectivity index is 0.000000270. The van der Waals surface area contributed by atoms with Crippen LogP contribution in [-0.4, -0.2) is 68.6 Å². The van der Waals surface area contributed by atoms with E-state index in [9.17, 15) is 49.1 Å². The molecule has 1 aliphatic rings. The molecule has 278 valence electrons. The highest BCUT2D eigenvalue weighted by atomic mass is 32.2. The van der Waals surface area contributed by atoms with Crippen LogP contribution in [-0.2, 0) is 49.4 Å². The van der Waals surface area contributed by atoms with Gasteiger partial charge in [0.15, 0.2) is 6.29 Å². The molecule has 5 N–H and O–H groups in total. The first-order valence-electron chi connectivity index (χ1n) is 15.1. The Bertz CT molecular complexity index is 1890. The molecular weight excluding hydrogens is 706 g/mol. The molecular formula is C30H36F6N4O9S. The number of ether oxygens (including phenoxy) is 3. The van der Waals surface area contributed by atoms with Gasteiger partial charge in [0, 0.05) is 18.9 Å². The van der Waals surface area contributed by atoms with Gasteiger partial charge in [-0.1, -0.05) is 0 Å². The fourth-order valence-electron chi connectivity index (χ4n) is 5.04. The Morgan fingerprint density at radius 3 is 2.22 bits per heavy atom. The molecule has 0 aliphatic carbocycles. The number of nitrogens with two attached hydrogens (primary N) is 1. The summed E-state index contributed by atoms with van der Waals surface area (Å²) in [6, 6.07) is 3.50. The second kappa shape index (κ2) is 16.7. The molecule has 1 aliphatic heterocycles. The van der Waals surface area contributed by atoms with Crippen LogP contribution in [0.25, 0.3) is 10.9 Å². The molecule has 0 spiro atoms. The highest BCUT2D eigenvalue weighted by molar-refractivity contribution is 7.91. The number of nitrogens with zero attached hydrogens (tertiary/aromatic N) is 1. The first-order valence-corrected chi connectivity index (χ1v) is 16.9. The molecule has 4 rings (SSSR count). The van der Waals surface area contributed by atoms with Crippen LogP contribution in [0.1, 0.15) is 64.7 Å². The van der Waals surface area contributed by atoms with Crippen LogP contribution in [0, 0.1) is 0 Å². The summed E-state index contributed by atoms with van der Waals surface area (Å²) in [7, 11) is -2.82. The van der Waals surface area contributed by atoms with Crippen molar-refractivity contribution in [2.75, 3.05) is 43.8 Å². The number of carbonyl (C=O) groups excluding carboxylic acids is 1. The topological polar surface area (TPSA) is 192 Å². The number of anilines is 1. The largest absolute Gasteiger partial charge is 0.465 e. The number of nitrogen functional groups attached to an aromatic ring is 1. The number of hydrogen-bond acceptors (Lipinski definition) is 10. The lowest BCUT2D eigenvalue weighted by molar-refractivity contribution is -0.162. The standard InChI is InChI=1S/C17H22F3NO4.C13H14F3N3O5S/c1-23-16(22)12-9-11(13(10-14(12)21)17(18,19)20)5-4-8-25-15-6-2-3-7-24-15;1-25(23,24)18-19-11(21)8-5-7(3-2-4-20)9(13(14,15)16)6-10(8)17-12(19)22/h9-10,15H,2-8,21H2,1H3;5-6,18,20H,2-4H2,1H3,(H,17,22). The minimum absolute atomic E-state index is 0.00439. The van der Waals surface area contributed by atoms with Gasteiger partial charge < -0.3 is 30.0 Å². The van der Waals surface area contributed by atoms with Gasteiger partial charge in [-0.2, -0.15) is 31.0 Å². The number of aliphatic hydroxyl groups excluding tert-OH is 1. The van der Waals surface area contributed by atoms with Gasteiger partial charge in [0.2, 0.25) is 10.0 Å². The first kappa shape index (κ1) is 40.3. The van der Waals surface area contributed by atoms with E-state index in [4.69, 9.17) is 20.3 Å². The Morgan fingerprint density at radius 2 is 1.66 bits per heavy atom. The maximum Gasteiger partial charge on any atom is 0.416 e. The van der Waals surface area contributed by atoms with Crippen molar-refractivity contribution in [2.45, 2.75) is 63.6 Å². The molecule has 1 atom stereocenters. The number of aliphatic hydroxyl groups is 1. The van der Waals surface area contributed by atoms with Gasteiger partial charge in [0.05, 0.1) is 47.6 Å². The molecule has 2 aromatic carbocycles. The van der Waals surface area contributed by atoms with E-state index in [1.54, 1.807) is 4.83 Å². The molecule has 1 unspecified atom stereocenters. The summed E-state index contributed by atoms with van der Waals surface area (Å²) in [6.07, 6.45) is -5.69. The maximum absolute atomic E-state index is 13.2. The average molecular weight is 743 g/mol. The van der Waals surface area contributed by atoms with Crippen molar-refractivity contribution in [3.63, 3.8) is 0 Å². The summed E-state index contributed by atoms with van der Waals surface area (Å²) in [5, 5.41) is 8.53. The van der Waals surface area contributed by atoms with Crippen LogP contribution in [0.3, 0.4) is 0 Å². The Morgan fingerprint density at radius 1 is 1.04 bits per heavy atom. The summed E-state index contributed by atoms with van der Waals surface area (Å²) in [5.41, 5.74) is 0.411. The molecule has 50 heavy (non-hydrogen) atoms. The van der Waals surface area contributed by atoms with Crippen LogP contribution in [0.4, 0.5) is 32.0 Å². The number of fused-ring (bicyclic) bond motifs is 1. The van der Waals surface area contributed by atoms with Crippen molar-refractivity contribution >= 4 is 32.6 Å². The van der Waals surface area contributed by atoms with Gasteiger partial charge in [0.25, 0.3) is 5.56 Å². The number of esters is 1. The predicted octanol–water partition coefficient (Wildman–Crippen LogP) is 3.69. The molecule has 1 saturated heterocycles. The van der Waals surface area contributed by atoms with Gasteiger partial charge >= 0.3 is 24.0 Å². The second-order valence-electron chi connectivity index (χ2n) is 11.2. The summed E-state index contributed by atoms with van der Waals surface area (Å²) < 4.78 is 117. The lowest BCUT2D eigenvalue weighted by atomic mass is 9.98. The lowest BCUT2D eigenvalue weighted by Crippen LogP contribution is -2.43. The van der Waals surface area contributed by atoms with Crippen LogP contribution in [0.2, 0.25) is 0 Å². The zero-order valence-corrected chi connectivity index (χ0v) is 27.7. The van der Waals surface area contributed by atoms with E-state index in [2.05, 4.69) is 4.74 Å². The highest BCUT2D eigenvalue weighted by Gasteiger charge is 2.35. The first-order chi connectivity index (χ1) is 23.3. The van der Waals surface area contributed by atoms with Crippen LogP contribution >= 0.6 is 0 Å². The summed E-state index contributed by atoms with van der Waals surface area (Å²) in [6.45, 7) is 0.573. The van der Waals surface area contributed by atoms with Crippen molar-refractivity contribution in [2.24, 2.45) is 0 Å². The van der Waals surface area contributed by atoms with Crippen LogP contribution in [0.15, 0.2) is 33.9 Å². The molecule has 20 heteroatoms. The molecule has 3 aromatic rings. The van der Waals surface area contributed by atoms with E-state index in [1.165, 1.54) is 0 Å². The smallest absolute Gasteiger partial charge is 0.416 e. The number of aromatic nitrogens is 2. The normalized spacial score (nSPS) is 15.3. The summed E-state index contributed by atoms with van der Waals surface area (Å²) in [5.74, 6) is -0.765. The number of rotatable bonds is 11. The molecule has 0 saturated carbocycles. The molecule has 1 fully saturated rings. The Hall–Kier alpha value is -4.14. The number of benzene rings is 2. The van der Waals surface area contributed by atoms with E-state index in [-0.39, 0.29) is 76.7 Å². The van der Waals surface area contributed by atoms with Gasteiger partial charge in [-0.15, -0.1) is 0 Å². The third-order valence-electron chi connectivity index (χ3n) is 7.31. The number of aromatic amines is 1. The molecule has 2 heterocycles. The number of alkyl halides is 6. The molecule has 0 bridgehead atoms. The third kappa shape index (κ3) is 10.9. The zero-order chi connectivity index (χ0) is 37.4. The third-order valence-corrected chi connectivity index (χ3v) is 7.82. The number of sulfonamides is 1. The minimum Gasteiger partial charge on any atom is -0.465 e. The van der Waals surface area contributed by atoms with E-state index < -0.39 is 50.7 Å². The number of H-pyrrole nitrogens is 1. The van der Waals surface area contributed by atoms with Crippen LogP contribution < -0.4 is 21.8 Å². The van der Waals surface area contributed by atoms with Crippen molar-refractivity contribution in [1.29, 1.82) is 0 Å². The zero-order valence-electron chi connectivity index (χ0n) is 26.9. The molecule has 1 aromatic heterocycles. The predicted molar refractivity (Wildman–Crippen MR) is 169 cm³/mol. The van der Waals surface area contributed by atoms with Gasteiger partial charge in [0.1, 0.15) is 0 Å². The molecule has 13 nitrogen and oxygen atoms in total. The lowest BCUT2D eigenvalue weighted by Gasteiger charge is -2.22. The maximum atomic E-state index is 13.2. The van der Waals surface area contributed by atoms with Gasteiger partial charge in [-0.05, 0) is 80.3 Å². The quantitative estimate of drug-likeness (QED) is 0.0976. The van der Waals surface area contributed by atoms with Crippen LogP contribution in [0.5, 0.6) is 0 Å². The number of halogens is 6. The minimum atomic E-state index is -4.73. The highest BCUT2D eigenvalue weighted by Crippen LogP contribution is 2.36. The van der Waals surface area contributed by atoms with E-state index in [0.29, 0.717) is 25.3 Å². The number of methoxy groups -OCH3 is 1. The van der Waals surface area contributed by atoms with Crippen molar-refractivity contribution in [3.8, 4) is 0 Å². The van der Waals surface area contributed by atoms with Crippen molar-refractivity contribution in [3.05, 3.63) is 72.9 Å². The molecule has 0 amide bonds. The van der Waals surface area contributed by atoms with Crippen molar-refractivity contribution < 1.29 is 58.9 Å². The number of hydrogen-bond donors (Lipinski definition) is 4. The fourth-order valence-corrected chi connectivity index (χ4v) is 5.53. The van der Waals surface area contributed by atoms with E-state index >= 15 is 0 Å². The Kier molecular flexibility index (Phi) is 13.5. The van der Waals surface area contributed by atoms with Gasteiger partial charge in [-0.3, -0.25) is 4.79 Å². The summed E-state index contributed by atoms with van der Waals surface area (Å²) in [4.78, 5) is 39.5. The monoisotopic (exact) mass is 742 g/mol. The summed E-state index contributed by atoms with van der Waals surface area (Å²) >= 11 is 0. The number of carbonyl (C=O) groups is 1. The Labute approximate surface area is 281 Å². The van der Waals surface area contributed by atoms with E-state index in [1.807, 2.05) is 4.98 Å². The fraction of sp³-hybridized carbons (Fsp3) is 0.500. The number of nitrogens with one attached hydrogen (secondary N) is 2. The van der Waals surface area contributed by atoms with E-state index in [0.717, 1.165) is 44.6 Å².